The maximum Gasteiger partial charge on any atom is 0.269 e. The number of nitrogens with one attached hydrogen (secondary N) is 1. The third-order valence-corrected chi connectivity index (χ3v) is 8.67. The van der Waals surface area contributed by atoms with Crippen molar-refractivity contribution in [1.29, 1.82) is 0 Å². The number of fused-ring (bicyclic) bond motifs is 1. The lowest BCUT2D eigenvalue weighted by molar-refractivity contribution is -0.141. The molecule has 10 heteroatoms. The highest BCUT2D eigenvalue weighted by Crippen LogP contribution is 2.30. The summed E-state index contributed by atoms with van der Waals surface area (Å²) < 4.78 is 40.7. The van der Waals surface area contributed by atoms with Gasteiger partial charge in [0.15, 0.2) is 0 Å². The average molecular weight is 516 g/mol. The van der Waals surface area contributed by atoms with Crippen molar-refractivity contribution in [2.24, 2.45) is 0 Å². The van der Waals surface area contributed by atoms with Crippen LogP contribution in [0, 0.1) is 5.82 Å². The lowest BCUT2D eigenvalue weighted by Gasteiger charge is -2.30. The predicted octanol–water partition coefficient (Wildman–Crippen LogP) is 3.23. The van der Waals surface area contributed by atoms with Crippen LogP contribution < -0.4 is 5.32 Å². The van der Waals surface area contributed by atoms with E-state index in [0.717, 1.165) is 30.0 Å². The Hall–Kier alpha value is -3.27. The maximum absolute atomic E-state index is 14.4. The molecular weight excluding hydrogens is 485 g/mol. The number of carbonyl (C=O) groups is 3. The molecule has 0 radical (unpaired) electrons. The first kappa shape index (κ1) is 25.8. The number of rotatable bonds is 9. The zero-order chi connectivity index (χ0) is 25.9. The van der Waals surface area contributed by atoms with E-state index >= 15 is 0 Å². The molecule has 8 nitrogen and oxygen atoms in total. The number of halogens is 1. The molecule has 1 saturated carbocycles. The molecule has 0 aromatic heterocycles. The first-order valence-corrected chi connectivity index (χ1v) is 13.6. The van der Waals surface area contributed by atoms with Gasteiger partial charge < -0.3 is 10.2 Å². The summed E-state index contributed by atoms with van der Waals surface area (Å²) in [6.45, 7) is 1.34. The first-order chi connectivity index (χ1) is 17.2. The van der Waals surface area contributed by atoms with Gasteiger partial charge in [0.05, 0.1) is 5.56 Å². The highest BCUT2D eigenvalue weighted by Gasteiger charge is 2.40. The minimum atomic E-state index is -3.97. The lowest BCUT2D eigenvalue weighted by atomic mass is 10.1. The highest BCUT2D eigenvalue weighted by atomic mass is 32.2. The van der Waals surface area contributed by atoms with Crippen LogP contribution in [0.4, 0.5) is 4.39 Å². The summed E-state index contributed by atoms with van der Waals surface area (Å²) in [4.78, 5) is 40.1. The Morgan fingerprint density at radius 2 is 1.78 bits per heavy atom. The molecule has 192 valence electrons. The van der Waals surface area contributed by atoms with Crippen LogP contribution in [0.25, 0.3) is 0 Å². The van der Waals surface area contributed by atoms with Crippen LogP contribution in [0.5, 0.6) is 0 Å². The molecule has 0 saturated heterocycles. The summed E-state index contributed by atoms with van der Waals surface area (Å²) in [6, 6.07) is 11.3. The molecular formula is C26H30FN3O5S. The number of benzene rings is 2. The van der Waals surface area contributed by atoms with E-state index in [-0.39, 0.29) is 53.9 Å². The molecule has 1 unspecified atom stereocenters. The zero-order valence-corrected chi connectivity index (χ0v) is 21.0. The van der Waals surface area contributed by atoms with Crippen molar-refractivity contribution in [3.05, 3.63) is 65.5 Å². The summed E-state index contributed by atoms with van der Waals surface area (Å²) in [5.41, 5.74) is 0.390. The molecule has 36 heavy (non-hydrogen) atoms. The summed E-state index contributed by atoms with van der Waals surface area (Å²) in [5.74, 6) is -1.83. The fourth-order valence-corrected chi connectivity index (χ4v) is 6.36. The summed E-state index contributed by atoms with van der Waals surface area (Å²) in [5, 5.41) is 2.98. The van der Waals surface area contributed by atoms with Gasteiger partial charge in [-0.25, -0.2) is 17.1 Å². The van der Waals surface area contributed by atoms with Gasteiger partial charge in [-0.3, -0.25) is 14.4 Å². The van der Waals surface area contributed by atoms with Crippen molar-refractivity contribution in [3.63, 3.8) is 0 Å². The van der Waals surface area contributed by atoms with Crippen LogP contribution in [0.2, 0.25) is 0 Å². The summed E-state index contributed by atoms with van der Waals surface area (Å²) in [7, 11) is -3.97. The standard InChI is InChI=1S/C26H30FN3O5S/c1-18(25(32)28-20-10-3-4-11-20)29(17-19-9-2-6-13-22(19)27)24(31)15-8-16-30-26(33)21-12-5-7-14-23(21)36(30,34)35/h2,5-7,9,12-14,18,20H,3-4,8,10-11,15-17H2,1H3,(H,28,32). The van der Waals surface area contributed by atoms with Gasteiger partial charge in [-0.15, -0.1) is 0 Å². The third kappa shape index (κ3) is 5.28. The monoisotopic (exact) mass is 515 g/mol. The molecule has 4 rings (SSSR count). The fourth-order valence-electron chi connectivity index (χ4n) is 4.75. The van der Waals surface area contributed by atoms with E-state index < -0.39 is 33.7 Å². The van der Waals surface area contributed by atoms with Crippen molar-refractivity contribution in [1.82, 2.24) is 14.5 Å². The quantitative estimate of drug-likeness (QED) is 0.552. The van der Waals surface area contributed by atoms with Crippen LogP contribution in [0.15, 0.2) is 53.4 Å². The average Bonchev–Trinajstić information content (AvgIpc) is 3.44. The summed E-state index contributed by atoms with van der Waals surface area (Å²) in [6.07, 6.45) is 3.83. The number of hydrogen-bond donors (Lipinski definition) is 1. The van der Waals surface area contributed by atoms with Gasteiger partial charge in [0.25, 0.3) is 15.9 Å². The van der Waals surface area contributed by atoms with Crippen molar-refractivity contribution in [3.8, 4) is 0 Å². The molecule has 0 bridgehead atoms. The Bertz CT molecular complexity index is 1260. The maximum atomic E-state index is 14.4. The van der Waals surface area contributed by atoms with Crippen molar-refractivity contribution >= 4 is 27.7 Å². The topological polar surface area (TPSA) is 104 Å². The van der Waals surface area contributed by atoms with Crippen LogP contribution >= 0.6 is 0 Å². The molecule has 2 aliphatic rings. The van der Waals surface area contributed by atoms with Gasteiger partial charge >= 0.3 is 0 Å². The summed E-state index contributed by atoms with van der Waals surface area (Å²) >= 11 is 0. The van der Waals surface area contributed by atoms with E-state index in [4.69, 9.17) is 0 Å². The molecule has 2 aromatic carbocycles. The Labute approximate surface area is 210 Å². The van der Waals surface area contributed by atoms with Gasteiger partial charge in [-0.05, 0) is 44.4 Å². The second kappa shape index (κ2) is 10.8. The highest BCUT2D eigenvalue weighted by molar-refractivity contribution is 7.90. The molecule has 0 spiro atoms. The molecule has 1 aliphatic carbocycles. The first-order valence-electron chi connectivity index (χ1n) is 12.2. The Morgan fingerprint density at radius 3 is 2.47 bits per heavy atom. The van der Waals surface area contributed by atoms with E-state index in [2.05, 4.69) is 5.32 Å². The van der Waals surface area contributed by atoms with Crippen molar-refractivity contribution in [2.75, 3.05) is 6.54 Å². The molecule has 1 N–H and O–H groups in total. The molecule has 3 amide bonds. The van der Waals surface area contributed by atoms with E-state index in [1.807, 2.05) is 0 Å². The Morgan fingerprint density at radius 1 is 1.11 bits per heavy atom. The molecule has 1 aliphatic heterocycles. The molecule has 1 heterocycles. The van der Waals surface area contributed by atoms with E-state index in [1.165, 1.54) is 23.1 Å². The SMILES string of the molecule is CC(C(=O)NC1CCCC1)N(Cc1ccccc1F)C(=O)CCCN1C(=O)c2ccccc2S1(=O)=O. The lowest BCUT2D eigenvalue weighted by Crippen LogP contribution is -2.49. The molecule has 1 atom stereocenters. The van der Waals surface area contributed by atoms with Gasteiger partial charge in [0.2, 0.25) is 11.8 Å². The van der Waals surface area contributed by atoms with E-state index in [0.29, 0.717) is 0 Å². The number of carbonyl (C=O) groups excluding carboxylic acids is 3. The number of amides is 3. The smallest absolute Gasteiger partial charge is 0.269 e. The van der Waals surface area contributed by atoms with Gasteiger partial charge in [0, 0.05) is 31.1 Å². The van der Waals surface area contributed by atoms with Gasteiger partial charge in [-0.1, -0.05) is 43.2 Å². The number of hydrogen-bond acceptors (Lipinski definition) is 5. The van der Waals surface area contributed by atoms with E-state index in [9.17, 15) is 27.2 Å². The van der Waals surface area contributed by atoms with Crippen LogP contribution in [-0.4, -0.2) is 54.0 Å². The molecule has 1 fully saturated rings. The Balaban J connectivity index is 1.44. The molecule has 2 aromatic rings. The van der Waals surface area contributed by atoms with Crippen LogP contribution in [0.1, 0.15) is 61.4 Å². The predicted molar refractivity (Wildman–Crippen MR) is 131 cm³/mol. The Kier molecular flexibility index (Phi) is 7.73. The van der Waals surface area contributed by atoms with Gasteiger partial charge in [0.1, 0.15) is 16.8 Å². The largest absolute Gasteiger partial charge is 0.352 e. The minimum absolute atomic E-state index is 0.0419. The second-order valence-corrected chi connectivity index (χ2v) is 11.1. The van der Waals surface area contributed by atoms with Crippen LogP contribution in [0.3, 0.4) is 0 Å². The van der Waals surface area contributed by atoms with Crippen molar-refractivity contribution in [2.45, 2.75) is 69.0 Å². The number of nitrogens with zero attached hydrogens (tertiary/aromatic N) is 2. The third-order valence-electron chi connectivity index (χ3n) is 6.83. The zero-order valence-electron chi connectivity index (χ0n) is 20.2. The van der Waals surface area contributed by atoms with E-state index in [1.54, 1.807) is 37.3 Å². The normalized spacial score (nSPS) is 17.6. The fraction of sp³-hybridized carbons (Fsp3) is 0.423. The van der Waals surface area contributed by atoms with Crippen molar-refractivity contribution < 1.29 is 27.2 Å². The second-order valence-electron chi connectivity index (χ2n) is 9.26. The van der Waals surface area contributed by atoms with Crippen LogP contribution in [-0.2, 0) is 26.2 Å². The minimum Gasteiger partial charge on any atom is -0.352 e. The van der Waals surface area contributed by atoms with Gasteiger partial charge in [-0.2, -0.15) is 0 Å². The number of sulfonamides is 1.